The molecule has 2 N–H and O–H groups in total. The fourth-order valence-corrected chi connectivity index (χ4v) is 4.27. The van der Waals surface area contributed by atoms with E-state index < -0.39 is 42.9 Å². The number of esters is 3. The molecule has 0 atom stereocenters. The topological polar surface area (TPSA) is 188 Å². The molecule has 1 heterocycles. The maximum atomic E-state index is 12.3. The van der Waals surface area contributed by atoms with E-state index in [1.165, 1.54) is 31.1 Å². The van der Waals surface area contributed by atoms with Gasteiger partial charge in [-0.25, -0.2) is 0 Å². The fourth-order valence-electron chi connectivity index (χ4n) is 4.16. The first-order valence-electron chi connectivity index (χ1n) is 14.0. The lowest BCUT2D eigenvalue weighted by Gasteiger charge is -2.26. The average molecular weight is 670 g/mol. The molecule has 0 bridgehead atoms. The summed E-state index contributed by atoms with van der Waals surface area (Å²) >= 11 is 4.63. The Bertz CT molecular complexity index is 1500. The highest BCUT2D eigenvalue weighted by atomic mass is 32.1. The number of nitrogens with zero attached hydrogens (tertiary/aromatic N) is 5. The molecule has 0 fully saturated rings. The second-order valence-electron chi connectivity index (χ2n) is 9.92. The summed E-state index contributed by atoms with van der Waals surface area (Å²) in [6, 6.07) is 10.2. The van der Waals surface area contributed by atoms with Crippen molar-refractivity contribution in [3.63, 3.8) is 0 Å². The summed E-state index contributed by atoms with van der Waals surface area (Å²) in [4.78, 5) is 71.9. The molecule has 2 aromatic rings. The van der Waals surface area contributed by atoms with Gasteiger partial charge in [0.25, 0.3) is 0 Å². The molecule has 0 radical (unpaired) electrons. The predicted octanol–water partition coefficient (Wildman–Crippen LogP) is 0.810. The summed E-state index contributed by atoms with van der Waals surface area (Å²) in [7, 11) is 3.68. The molecule has 15 nitrogen and oxygen atoms in total. The van der Waals surface area contributed by atoms with Gasteiger partial charge in [0.15, 0.2) is 0 Å². The molecule has 0 spiro atoms. The number of benzene rings is 1. The van der Waals surface area contributed by atoms with Crippen molar-refractivity contribution in [1.29, 1.82) is 0 Å². The molecule has 0 amide bonds. The summed E-state index contributed by atoms with van der Waals surface area (Å²) in [6.45, 7) is -1.37. The first-order valence-corrected chi connectivity index (χ1v) is 14.4. The van der Waals surface area contributed by atoms with Crippen molar-refractivity contribution in [3.05, 3.63) is 58.9 Å². The van der Waals surface area contributed by atoms with Crippen LogP contribution in [0.4, 0.5) is 5.69 Å². The number of aliphatic imine (C=N–C) groups is 1. The van der Waals surface area contributed by atoms with Gasteiger partial charge in [-0.3, -0.25) is 43.7 Å². The highest BCUT2D eigenvalue weighted by Crippen LogP contribution is 2.14. The smallest absolute Gasteiger partial charge is 0.319 e. The Labute approximate surface area is 276 Å². The van der Waals surface area contributed by atoms with E-state index >= 15 is 0 Å². The van der Waals surface area contributed by atoms with Gasteiger partial charge in [0.1, 0.15) is 0 Å². The van der Waals surface area contributed by atoms with Crippen molar-refractivity contribution in [2.75, 3.05) is 67.1 Å². The summed E-state index contributed by atoms with van der Waals surface area (Å²) in [6.07, 6.45) is 0. The van der Waals surface area contributed by atoms with Gasteiger partial charge in [-0.2, -0.15) is 4.99 Å². The molecule has 16 heteroatoms. The Morgan fingerprint density at radius 2 is 1.15 bits per heavy atom. The maximum absolute atomic E-state index is 12.3. The van der Waals surface area contributed by atoms with Crippen LogP contribution in [-0.4, -0.2) is 132 Å². The van der Waals surface area contributed by atoms with E-state index in [9.17, 15) is 34.2 Å². The lowest BCUT2D eigenvalue weighted by molar-refractivity contribution is -0.147. The number of hydrogen-bond acceptors (Lipinski definition) is 14. The zero-order chi connectivity index (χ0) is 34.8. The largest absolute Gasteiger partial charge is 0.480 e. The first-order chi connectivity index (χ1) is 22.4. The molecule has 0 aliphatic rings. The minimum atomic E-state index is -1.21. The minimum Gasteiger partial charge on any atom is -0.480 e. The van der Waals surface area contributed by atoms with Crippen LogP contribution in [0, 0.1) is 11.8 Å². The van der Waals surface area contributed by atoms with Gasteiger partial charge in [-0.1, -0.05) is 11.8 Å². The number of carbonyl (C=O) groups excluding carboxylic acids is 3. The van der Waals surface area contributed by atoms with Crippen molar-refractivity contribution in [2.24, 2.45) is 4.99 Å². The Balaban J connectivity index is 2.47. The SMILES string of the molecule is COC(=O)CN(CCN(CC(=O)OC)Cc1cc(C#Cc2ccc(N=C=S)cc2)cc(CN(CC(=O)O)CC(=O)O)n1)CC(=O)OC. The zero-order valence-electron chi connectivity index (χ0n) is 26.1. The number of thiocarbonyl (C=S) groups is 1. The maximum Gasteiger partial charge on any atom is 0.319 e. The molecule has 47 heavy (non-hydrogen) atoms. The number of rotatable bonds is 18. The van der Waals surface area contributed by atoms with E-state index in [1.54, 1.807) is 41.3 Å². The third kappa shape index (κ3) is 15.2. The zero-order valence-corrected chi connectivity index (χ0v) is 26.9. The lowest BCUT2D eigenvalue weighted by atomic mass is 10.1. The van der Waals surface area contributed by atoms with E-state index in [4.69, 9.17) is 14.2 Å². The first kappa shape index (κ1) is 38.1. The van der Waals surface area contributed by atoms with Crippen LogP contribution in [0.25, 0.3) is 0 Å². The third-order valence-electron chi connectivity index (χ3n) is 6.29. The van der Waals surface area contributed by atoms with Gasteiger partial charge in [0, 0.05) is 37.3 Å². The number of carboxylic acids is 2. The van der Waals surface area contributed by atoms with Crippen molar-refractivity contribution < 1.29 is 48.4 Å². The number of pyridine rings is 1. The standard InChI is InChI=1S/C31H35N5O10S/c1-44-29(41)18-34(10-11-35(19-30(42)45-2)20-31(43)46-3)14-25-12-23(5-4-22-6-8-24(9-7-22)32-21-47)13-26(33-25)15-36(16-27(37)38)17-28(39)40/h6-9,12-13H,10-11,14-20H2,1-3H3,(H,37,38)(H,39,40). The molecule has 1 aromatic heterocycles. The lowest BCUT2D eigenvalue weighted by Crippen LogP contribution is -2.42. The van der Waals surface area contributed by atoms with Crippen molar-refractivity contribution >= 4 is 52.9 Å². The number of hydrogen-bond donors (Lipinski definition) is 2. The van der Waals surface area contributed by atoms with Crippen LogP contribution in [0.2, 0.25) is 0 Å². The third-order valence-corrected chi connectivity index (χ3v) is 6.38. The number of methoxy groups -OCH3 is 3. The van der Waals surface area contributed by atoms with Crippen molar-refractivity contribution in [1.82, 2.24) is 19.7 Å². The van der Waals surface area contributed by atoms with Crippen LogP contribution in [0.15, 0.2) is 41.4 Å². The van der Waals surface area contributed by atoms with E-state index in [1.807, 2.05) is 0 Å². The Kier molecular flexibility index (Phi) is 16.4. The molecule has 0 unspecified atom stereocenters. The second-order valence-corrected chi connectivity index (χ2v) is 10.1. The van der Waals surface area contributed by atoms with Crippen LogP contribution < -0.4 is 0 Å². The Morgan fingerprint density at radius 1 is 0.702 bits per heavy atom. The van der Waals surface area contributed by atoms with Gasteiger partial charge in [0.05, 0.1) is 76.3 Å². The quantitative estimate of drug-likeness (QED) is 0.0745. The molecule has 250 valence electrons. The summed E-state index contributed by atoms with van der Waals surface area (Å²) < 4.78 is 14.3. The summed E-state index contributed by atoms with van der Waals surface area (Å²) in [5.41, 5.74) is 2.54. The number of carboxylic acid groups (broad SMARTS) is 2. The minimum absolute atomic E-state index is 0.0735. The molecular formula is C31H35N5O10S. The van der Waals surface area contributed by atoms with Crippen molar-refractivity contribution in [3.8, 4) is 11.8 Å². The Morgan fingerprint density at radius 3 is 1.62 bits per heavy atom. The second kappa shape index (κ2) is 20.2. The van der Waals surface area contributed by atoms with Gasteiger partial charge in [-0.05, 0) is 48.6 Å². The highest BCUT2D eigenvalue weighted by molar-refractivity contribution is 7.78. The van der Waals surface area contributed by atoms with Crippen LogP contribution in [0.5, 0.6) is 0 Å². The molecule has 0 aliphatic heterocycles. The molecule has 0 saturated heterocycles. The number of carbonyl (C=O) groups is 5. The molecule has 0 aliphatic carbocycles. The fraction of sp³-hybridized carbons (Fsp3) is 0.387. The predicted molar refractivity (Wildman–Crippen MR) is 170 cm³/mol. The van der Waals surface area contributed by atoms with Crippen LogP contribution in [0.3, 0.4) is 0 Å². The number of ether oxygens (including phenoxy) is 3. The average Bonchev–Trinajstić information content (AvgIpc) is 3.02. The van der Waals surface area contributed by atoms with Gasteiger partial charge >= 0.3 is 29.8 Å². The Hall–Kier alpha value is -5.04. The normalized spacial score (nSPS) is 10.5. The summed E-state index contributed by atoms with van der Waals surface area (Å²) in [5, 5.41) is 20.9. The van der Waals surface area contributed by atoms with Crippen molar-refractivity contribution in [2.45, 2.75) is 13.1 Å². The molecule has 0 saturated carbocycles. The monoisotopic (exact) mass is 669 g/mol. The van der Waals surface area contributed by atoms with E-state index in [-0.39, 0.29) is 45.8 Å². The van der Waals surface area contributed by atoms with E-state index in [0.29, 0.717) is 28.2 Å². The van der Waals surface area contributed by atoms with E-state index in [2.05, 4.69) is 39.2 Å². The van der Waals surface area contributed by atoms with Crippen LogP contribution in [-0.2, 0) is 51.3 Å². The molecular weight excluding hydrogens is 634 g/mol. The highest BCUT2D eigenvalue weighted by Gasteiger charge is 2.20. The number of aromatic nitrogens is 1. The molecule has 2 rings (SSSR count). The van der Waals surface area contributed by atoms with Gasteiger partial charge in [0.2, 0.25) is 0 Å². The number of aliphatic carboxylic acids is 2. The summed E-state index contributed by atoms with van der Waals surface area (Å²) in [5.74, 6) is 1.97. The van der Waals surface area contributed by atoms with E-state index in [0.717, 1.165) is 0 Å². The van der Waals surface area contributed by atoms with Crippen LogP contribution >= 0.6 is 12.2 Å². The molecule has 1 aromatic carbocycles. The number of isothiocyanates is 1. The van der Waals surface area contributed by atoms with Crippen LogP contribution in [0.1, 0.15) is 22.5 Å². The van der Waals surface area contributed by atoms with Gasteiger partial charge < -0.3 is 24.4 Å². The van der Waals surface area contributed by atoms with Gasteiger partial charge in [-0.15, -0.1) is 0 Å².